The molecule has 1 unspecified atom stereocenters. The second-order valence-corrected chi connectivity index (χ2v) is 3.60. The van der Waals surface area contributed by atoms with E-state index in [4.69, 9.17) is 11.3 Å². The van der Waals surface area contributed by atoms with Gasteiger partial charge in [0.2, 0.25) is 5.91 Å². The molecule has 1 rings (SSSR count). The summed E-state index contributed by atoms with van der Waals surface area (Å²) in [4.78, 5) is 14.0. The fraction of sp³-hybridized carbons (Fsp3) is 0.364. The highest BCUT2D eigenvalue weighted by atomic mass is 16.1. The number of hydrogen-bond acceptors (Lipinski definition) is 3. The van der Waals surface area contributed by atoms with Crippen molar-refractivity contribution >= 4 is 5.91 Å². The topological polar surface area (TPSA) is 104 Å². The molecule has 1 amide bonds. The van der Waals surface area contributed by atoms with Crippen molar-refractivity contribution in [3.63, 3.8) is 0 Å². The predicted molar refractivity (Wildman–Crippen MR) is 65.1 cm³/mol. The van der Waals surface area contributed by atoms with Crippen LogP contribution in [0.4, 0.5) is 0 Å². The zero-order valence-electron chi connectivity index (χ0n) is 9.63. The second kappa shape index (κ2) is 6.52. The number of nitrogens with one attached hydrogen (secondary N) is 1. The van der Waals surface area contributed by atoms with Gasteiger partial charge in [-0.25, -0.2) is 0 Å². The van der Waals surface area contributed by atoms with E-state index in [2.05, 4.69) is 15.3 Å². The number of nitrogens with two attached hydrogens (primary N) is 1. The maximum atomic E-state index is 11.4. The number of carbonyl (C=O) groups excluding carboxylic acids is 1. The standard InChI is InChI=1S/C11H15N5O/c1-8-4-2-3-5-9(8)10(11(12)17)14-6-7-15-16-13/h2-5,10,14H,6-7H2,1H3,(H2,12,17). The SMILES string of the molecule is Cc1ccccc1C(NCCN=[N+]=[N-])C(N)=O. The highest BCUT2D eigenvalue weighted by Crippen LogP contribution is 2.16. The van der Waals surface area contributed by atoms with Crippen LogP contribution in [-0.2, 0) is 4.79 Å². The second-order valence-electron chi connectivity index (χ2n) is 3.60. The minimum Gasteiger partial charge on any atom is -0.368 e. The third-order valence-corrected chi connectivity index (χ3v) is 2.41. The summed E-state index contributed by atoms with van der Waals surface area (Å²) in [5, 5.41) is 6.36. The molecule has 0 bridgehead atoms. The Balaban J connectivity index is 2.76. The Labute approximate surface area is 99.4 Å². The van der Waals surface area contributed by atoms with E-state index >= 15 is 0 Å². The quantitative estimate of drug-likeness (QED) is 0.336. The highest BCUT2D eigenvalue weighted by molar-refractivity contribution is 5.81. The van der Waals surface area contributed by atoms with Gasteiger partial charge in [0.1, 0.15) is 6.04 Å². The molecule has 17 heavy (non-hydrogen) atoms. The minimum absolute atomic E-state index is 0.284. The van der Waals surface area contributed by atoms with Crippen LogP contribution in [0.5, 0.6) is 0 Å². The molecule has 6 nitrogen and oxygen atoms in total. The molecule has 0 aliphatic carbocycles. The number of nitrogens with zero attached hydrogens (tertiary/aromatic N) is 3. The van der Waals surface area contributed by atoms with Crippen LogP contribution < -0.4 is 11.1 Å². The Morgan fingerprint density at radius 1 is 1.59 bits per heavy atom. The van der Waals surface area contributed by atoms with Gasteiger partial charge in [0, 0.05) is 18.0 Å². The van der Waals surface area contributed by atoms with Crippen LogP contribution in [0.3, 0.4) is 0 Å². The minimum atomic E-state index is -0.551. The molecular formula is C11H15N5O. The molecule has 0 aliphatic rings. The van der Waals surface area contributed by atoms with Crippen LogP contribution in [0.15, 0.2) is 29.4 Å². The van der Waals surface area contributed by atoms with Crippen molar-refractivity contribution in [1.29, 1.82) is 0 Å². The summed E-state index contributed by atoms with van der Waals surface area (Å²) < 4.78 is 0. The van der Waals surface area contributed by atoms with Crippen molar-refractivity contribution in [3.8, 4) is 0 Å². The molecule has 0 aliphatic heterocycles. The van der Waals surface area contributed by atoms with Gasteiger partial charge >= 0.3 is 0 Å². The average molecular weight is 233 g/mol. The van der Waals surface area contributed by atoms with E-state index in [-0.39, 0.29) is 6.54 Å². The van der Waals surface area contributed by atoms with Crippen molar-refractivity contribution in [2.75, 3.05) is 13.1 Å². The Kier molecular flexibility index (Phi) is 5.00. The number of rotatable bonds is 6. The molecule has 90 valence electrons. The number of aryl methyl sites for hydroxylation is 1. The lowest BCUT2D eigenvalue weighted by molar-refractivity contribution is -0.120. The van der Waals surface area contributed by atoms with Gasteiger partial charge < -0.3 is 11.1 Å². The molecule has 1 aromatic carbocycles. The largest absolute Gasteiger partial charge is 0.368 e. The van der Waals surface area contributed by atoms with E-state index in [9.17, 15) is 4.79 Å². The third-order valence-electron chi connectivity index (χ3n) is 2.41. The van der Waals surface area contributed by atoms with E-state index in [0.29, 0.717) is 6.54 Å². The predicted octanol–water partition coefficient (Wildman–Crippen LogP) is 1.42. The molecule has 0 heterocycles. The number of benzene rings is 1. The highest BCUT2D eigenvalue weighted by Gasteiger charge is 2.17. The first-order chi connectivity index (χ1) is 8.16. The Morgan fingerprint density at radius 2 is 2.29 bits per heavy atom. The number of primary amides is 1. The van der Waals surface area contributed by atoms with Crippen LogP contribution in [0, 0.1) is 6.92 Å². The van der Waals surface area contributed by atoms with Crippen LogP contribution in [0.1, 0.15) is 17.2 Å². The normalized spacial score (nSPS) is 11.6. The van der Waals surface area contributed by atoms with Crippen LogP contribution in [-0.4, -0.2) is 19.0 Å². The Morgan fingerprint density at radius 3 is 2.88 bits per heavy atom. The lowest BCUT2D eigenvalue weighted by atomic mass is 10.0. The lowest BCUT2D eigenvalue weighted by Crippen LogP contribution is -2.35. The average Bonchev–Trinajstić information content (AvgIpc) is 2.30. The van der Waals surface area contributed by atoms with Crippen molar-refractivity contribution < 1.29 is 4.79 Å². The Bertz CT molecular complexity index is 439. The smallest absolute Gasteiger partial charge is 0.239 e. The molecule has 0 saturated carbocycles. The molecule has 0 radical (unpaired) electrons. The van der Waals surface area contributed by atoms with Crippen molar-refractivity contribution in [2.24, 2.45) is 10.8 Å². The first-order valence-corrected chi connectivity index (χ1v) is 5.26. The van der Waals surface area contributed by atoms with E-state index in [1.807, 2.05) is 31.2 Å². The molecule has 0 saturated heterocycles. The van der Waals surface area contributed by atoms with Crippen LogP contribution in [0.2, 0.25) is 0 Å². The van der Waals surface area contributed by atoms with Gasteiger partial charge in [-0.1, -0.05) is 29.4 Å². The van der Waals surface area contributed by atoms with Gasteiger partial charge in [-0.3, -0.25) is 4.79 Å². The third kappa shape index (κ3) is 3.79. The summed E-state index contributed by atoms with van der Waals surface area (Å²) in [6.07, 6.45) is 0. The molecule has 3 N–H and O–H groups in total. The maximum absolute atomic E-state index is 11.4. The van der Waals surface area contributed by atoms with Gasteiger partial charge in [-0.05, 0) is 23.6 Å². The Hall–Kier alpha value is -2.04. The monoisotopic (exact) mass is 233 g/mol. The number of amides is 1. The summed E-state index contributed by atoms with van der Waals surface area (Å²) in [5.41, 5.74) is 15.3. The van der Waals surface area contributed by atoms with E-state index in [1.165, 1.54) is 0 Å². The van der Waals surface area contributed by atoms with Gasteiger partial charge in [0.25, 0.3) is 0 Å². The molecule has 0 fully saturated rings. The molecule has 0 spiro atoms. The van der Waals surface area contributed by atoms with Gasteiger partial charge in [0.05, 0.1) is 0 Å². The lowest BCUT2D eigenvalue weighted by Gasteiger charge is -2.17. The molecule has 1 aromatic rings. The van der Waals surface area contributed by atoms with E-state index in [0.717, 1.165) is 11.1 Å². The molecule has 0 aromatic heterocycles. The van der Waals surface area contributed by atoms with Gasteiger partial charge in [-0.2, -0.15) is 0 Å². The summed E-state index contributed by atoms with van der Waals surface area (Å²) in [6.45, 7) is 2.61. The first kappa shape index (κ1) is 13.0. The van der Waals surface area contributed by atoms with Crippen molar-refractivity contribution in [3.05, 3.63) is 45.8 Å². The maximum Gasteiger partial charge on any atom is 0.239 e. The fourth-order valence-corrected chi connectivity index (χ4v) is 1.58. The molecule has 6 heteroatoms. The van der Waals surface area contributed by atoms with Crippen LogP contribution in [0.25, 0.3) is 10.4 Å². The summed E-state index contributed by atoms with van der Waals surface area (Å²) in [5.74, 6) is -0.444. The number of hydrogen-bond donors (Lipinski definition) is 2. The fourth-order valence-electron chi connectivity index (χ4n) is 1.58. The zero-order valence-corrected chi connectivity index (χ0v) is 9.63. The van der Waals surface area contributed by atoms with Crippen molar-refractivity contribution in [2.45, 2.75) is 13.0 Å². The van der Waals surface area contributed by atoms with E-state index < -0.39 is 11.9 Å². The zero-order chi connectivity index (χ0) is 12.7. The number of azide groups is 1. The summed E-state index contributed by atoms with van der Waals surface area (Å²) in [7, 11) is 0. The first-order valence-electron chi connectivity index (χ1n) is 5.26. The van der Waals surface area contributed by atoms with Crippen LogP contribution >= 0.6 is 0 Å². The molecular weight excluding hydrogens is 218 g/mol. The van der Waals surface area contributed by atoms with Gasteiger partial charge in [0.15, 0.2) is 0 Å². The summed E-state index contributed by atoms with van der Waals surface area (Å²) in [6, 6.07) is 6.97. The van der Waals surface area contributed by atoms with Crippen molar-refractivity contribution in [1.82, 2.24) is 5.32 Å². The van der Waals surface area contributed by atoms with E-state index in [1.54, 1.807) is 0 Å². The number of carbonyl (C=O) groups is 1. The van der Waals surface area contributed by atoms with Gasteiger partial charge in [-0.15, -0.1) is 0 Å². The summed E-state index contributed by atoms with van der Waals surface area (Å²) >= 11 is 0. The molecule has 1 atom stereocenters.